The maximum absolute atomic E-state index is 11.0. The van der Waals surface area contributed by atoms with Crippen molar-refractivity contribution in [3.05, 3.63) is 0 Å². The van der Waals surface area contributed by atoms with Crippen LogP contribution < -0.4 is 10.6 Å². The van der Waals surface area contributed by atoms with Crippen molar-refractivity contribution in [3.8, 4) is 0 Å². The first-order chi connectivity index (χ1) is 8.97. The van der Waals surface area contributed by atoms with E-state index in [1.807, 2.05) is 0 Å². The van der Waals surface area contributed by atoms with Gasteiger partial charge in [-0.3, -0.25) is 4.79 Å². The first-order valence-electron chi connectivity index (χ1n) is 7.55. The number of hydrogen-bond acceptors (Lipinski definition) is 2. The highest BCUT2D eigenvalue weighted by molar-refractivity contribution is 7.80. The Morgan fingerprint density at radius 3 is 2.05 bits per heavy atom. The summed E-state index contributed by atoms with van der Waals surface area (Å²) < 4.78 is 0. The second-order valence-electron chi connectivity index (χ2n) is 7.16. The lowest BCUT2D eigenvalue weighted by Gasteiger charge is -2.59. The highest BCUT2D eigenvalue weighted by atomic mass is 32.1. The predicted molar refractivity (Wildman–Crippen MR) is 79.6 cm³/mol. The molecule has 4 rings (SSSR count). The van der Waals surface area contributed by atoms with E-state index in [9.17, 15) is 4.79 Å². The van der Waals surface area contributed by atoms with Crippen LogP contribution in [0, 0.1) is 23.2 Å². The van der Waals surface area contributed by atoms with E-state index in [1.165, 1.54) is 45.4 Å². The normalized spacial score (nSPS) is 40.8. The molecule has 4 saturated carbocycles. The van der Waals surface area contributed by atoms with Crippen molar-refractivity contribution < 1.29 is 4.79 Å². The molecule has 3 nitrogen and oxygen atoms in total. The standard InChI is InChI=1S/C15H24N2OS/c1-9(16-14(19)17-10(2)18)15-6-11-3-12(7-15)5-13(4-11)8-15/h9,11-13H,3-8H2,1-2H3,(H2,16,17,18,19)/t9-,11?,12?,13?,15?/m1/s1. The van der Waals surface area contributed by atoms with E-state index < -0.39 is 0 Å². The summed E-state index contributed by atoms with van der Waals surface area (Å²) in [5, 5.41) is 6.55. The van der Waals surface area contributed by atoms with Gasteiger partial charge in [0.15, 0.2) is 5.11 Å². The van der Waals surface area contributed by atoms with Crippen molar-refractivity contribution in [2.75, 3.05) is 0 Å². The van der Waals surface area contributed by atoms with Crippen LogP contribution in [0.25, 0.3) is 0 Å². The molecule has 0 aliphatic heterocycles. The average Bonchev–Trinajstić information content (AvgIpc) is 2.25. The van der Waals surface area contributed by atoms with Gasteiger partial charge < -0.3 is 10.6 Å². The van der Waals surface area contributed by atoms with Crippen molar-refractivity contribution in [3.63, 3.8) is 0 Å². The number of nitrogens with one attached hydrogen (secondary N) is 2. The van der Waals surface area contributed by atoms with Crippen LogP contribution in [0.15, 0.2) is 0 Å². The van der Waals surface area contributed by atoms with Gasteiger partial charge in [-0.2, -0.15) is 0 Å². The molecule has 2 N–H and O–H groups in total. The van der Waals surface area contributed by atoms with Crippen molar-refractivity contribution in [2.24, 2.45) is 23.2 Å². The number of thiocarbonyl (C=S) groups is 1. The van der Waals surface area contributed by atoms with E-state index in [0.717, 1.165) is 17.8 Å². The molecule has 0 radical (unpaired) electrons. The molecule has 4 aliphatic carbocycles. The Morgan fingerprint density at radius 1 is 1.16 bits per heavy atom. The smallest absolute Gasteiger partial charge is 0.222 e. The fourth-order valence-electron chi connectivity index (χ4n) is 5.25. The van der Waals surface area contributed by atoms with Crippen molar-refractivity contribution in [2.45, 2.75) is 58.4 Å². The fourth-order valence-corrected chi connectivity index (χ4v) is 5.57. The summed E-state index contributed by atoms with van der Waals surface area (Å²) in [5.74, 6) is 2.76. The summed E-state index contributed by atoms with van der Waals surface area (Å²) in [7, 11) is 0. The fraction of sp³-hybridized carbons (Fsp3) is 0.867. The minimum Gasteiger partial charge on any atom is -0.359 e. The quantitative estimate of drug-likeness (QED) is 0.764. The summed E-state index contributed by atoms with van der Waals surface area (Å²) in [6.45, 7) is 3.75. The largest absolute Gasteiger partial charge is 0.359 e. The molecule has 106 valence electrons. The minimum atomic E-state index is -0.0878. The minimum absolute atomic E-state index is 0.0878. The lowest BCUT2D eigenvalue weighted by molar-refractivity contribution is -0.117. The van der Waals surface area contributed by atoms with Gasteiger partial charge in [0, 0.05) is 13.0 Å². The van der Waals surface area contributed by atoms with Crippen molar-refractivity contribution >= 4 is 23.2 Å². The van der Waals surface area contributed by atoms with E-state index in [0.29, 0.717) is 16.6 Å². The molecule has 19 heavy (non-hydrogen) atoms. The van der Waals surface area contributed by atoms with Gasteiger partial charge >= 0.3 is 0 Å². The lowest BCUT2D eigenvalue weighted by atomic mass is 9.48. The SMILES string of the molecule is CC(=O)NC(=S)N[C@H](C)C12CC3CC(CC(C3)C1)C2. The van der Waals surface area contributed by atoms with Crippen LogP contribution >= 0.6 is 12.2 Å². The molecule has 0 heterocycles. The third-order valence-corrected chi connectivity index (χ3v) is 5.86. The molecule has 0 spiro atoms. The first kappa shape index (κ1) is 13.3. The first-order valence-corrected chi connectivity index (χ1v) is 7.96. The molecule has 1 atom stereocenters. The van der Waals surface area contributed by atoms with Crippen LogP contribution in [-0.2, 0) is 4.79 Å². The zero-order valence-corrected chi connectivity index (χ0v) is 12.7. The van der Waals surface area contributed by atoms with Crippen molar-refractivity contribution in [1.29, 1.82) is 0 Å². The molecule has 0 aromatic rings. The van der Waals surface area contributed by atoms with E-state index >= 15 is 0 Å². The Hall–Kier alpha value is -0.640. The van der Waals surface area contributed by atoms with E-state index in [-0.39, 0.29) is 5.91 Å². The molecule has 4 fully saturated rings. The van der Waals surface area contributed by atoms with Gasteiger partial charge in [-0.05, 0) is 80.8 Å². The topological polar surface area (TPSA) is 41.1 Å². The monoisotopic (exact) mass is 280 g/mol. The average molecular weight is 280 g/mol. The molecular weight excluding hydrogens is 256 g/mol. The molecule has 0 aromatic carbocycles. The second-order valence-corrected chi connectivity index (χ2v) is 7.56. The van der Waals surface area contributed by atoms with E-state index in [2.05, 4.69) is 17.6 Å². The molecule has 1 amide bonds. The van der Waals surface area contributed by atoms with Crippen LogP contribution in [0.1, 0.15) is 52.4 Å². The van der Waals surface area contributed by atoms with Gasteiger partial charge in [0.1, 0.15) is 0 Å². The highest BCUT2D eigenvalue weighted by Crippen LogP contribution is 2.61. The second kappa shape index (κ2) is 4.72. The lowest BCUT2D eigenvalue weighted by Crippen LogP contribution is -2.57. The van der Waals surface area contributed by atoms with Gasteiger partial charge in [-0.1, -0.05) is 0 Å². The third kappa shape index (κ3) is 2.51. The van der Waals surface area contributed by atoms with E-state index in [1.54, 1.807) is 0 Å². The van der Waals surface area contributed by atoms with Gasteiger partial charge in [0.25, 0.3) is 0 Å². The Morgan fingerprint density at radius 2 is 1.63 bits per heavy atom. The molecule has 0 aromatic heterocycles. The summed E-state index contributed by atoms with van der Waals surface area (Å²) in [5.41, 5.74) is 0.428. The molecule has 0 unspecified atom stereocenters. The van der Waals surface area contributed by atoms with Crippen LogP contribution in [-0.4, -0.2) is 17.1 Å². The Kier molecular flexibility index (Phi) is 3.32. The Balaban J connectivity index is 1.67. The molecular formula is C15H24N2OS. The Bertz CT molecular complexity index is 372. The van der Waals surface area contributed by atoms with Crippen LogP contribution in [0.2, 0.25) is 0 Å². The summed E-state index contributed by atoms with van der Waals surface area (Å²) in [6.07, 6.45) is 8.45. The van der Waals surface area contributed by atoms with Crippen molar-refractivity contribution in [1.82, 2.24) is 10.6 Å². The summed E-state index contributed by atoms with van der Waals surface area (Å²) in [6, 6.07) is 0.375. The number of rotatable bonds is 2. The maximum Gasteiger partial charge on any atom is 0.222 e. The summed E-state index contributed by atoms with van der Waals surface area (Å²) in [4.78, 5) is 11.0. The number of carbonyl (C=O) groups excluding carboxylic acids is 1. The molecule has 4 bridgehead atoms. The Labute approximate surface area is 120 Å². The molecule has 4 heteroatoms. The zero-order valence-electron chi connectivity index (χ0n) is 11.9. The predicted octanol–water partition coefficient (Wildman–Crippen LogP) is 2.60. The van der Waals surface area contributed by atoms with Gasteiger partial charge in [-0.25, -0.2) is 0 Å². The number of hydrogen-bond donors (Lipinski definition) is 2. The number of amides is 1. The van der Waals surface area contributed by atoms with Gasteiger partial charge in [0.05, 0.1) is 0 Å². The van der Waals surface area contributed by atoms with E-state index in [4.69, 9.17) is 12.2 Å². The zero-order chi connectivity index (χ0) is 13.6. The van der Waals surface area contributed by atoms with Gasteiger partial charge in [-0.15, -0.1) is 0 Å². The van der Waals surface area contributed by atoms with Gasteiger partial charge in [0.2, 0.25) is 5.91 Å². The molecule has 4 aliphatic rings. The highest BCUT2D eigenvalue weighted by Gasteiger charge is 2.53. The number of carbonyl (C=O) groups is 1. The third-order valence-electron chi connectivity index (χ3n) is 5.64. The van der Waals surface area contributed by atoms with Crippen LogP contribution in [0.4, 0.5) is 0 Å². The van der Waals surface area contributed by atoms with Crippen LogP contribution in [0.5, 0.6) is 0 Å². The molecule has 0 saturated heterocycles. The maximum atomic E-state index is 11.0. The van der Waals surface area contributed by atoms with Crippen LogP contribution in [0.3, 0.4) is 0 Å². The summed E-state index contributed by atoms with van der Waals surface area (Å²) >= 11 is 5.22.